The fraction of sp³-hybridized carbons (Fsp3) is 0.286. The lowest BCUT2D eigenvalue weighted by molar-refractivity contribution is -0.118. The summed E-state index contributed by atoms with van der Waals surface area (Å²) < 4.78 is 7.18. The summed E-state index contributed by atoms with van der Waals surface area (Å²) in [4.78, 5) is 11.8. The number of hydrogen-bond acceptors (Lipinski definition) is 3. The van der Waals surface area contributed by atoms with Gasteiger partial charge in [0.2, 0.25) is 0 Å². The van der Waals surface area contributed by atoms with Gasteiger partial charge in [-0.1, -0.05) is 11.6 Å². The minimum absolute atomic E-state index is 0.0582. The third-order valence-corrected chi connectivity index (χ3v) is 3.01. The summed E-state index contributed by atoms with van der Waals surface area (Å²) in [6.07, 6.45) is 1.64. The summed E-state index contributed by atoms with van der Waals surface area (Å²) in [5.74, 6) is 1.08. The molecule has 0 aliphatic rings. The largest absolute Gasteiger partial charge is 0.483 e. The fourth-order valence-corrected chi connectivity index (χ4v) is 2.01. The van der Waals surface area contributed by atoms with Crippen molar-refractivity contribution in [1.29, 1.82) is 0 Å². The van der Waals surface area contributed by atoms with Gasteiger partial charge in [0.15, 0.2) is 6.61 Å². The highest BCUT2D eigenvalue weighted by atomic mass is 35.5. The molecule has 0 fully saturated rings. The summed E-state index contributed by atoms with van der Waals surface area (Å²) in [6, 6.07) is 7.02. The number of amides is 1. The molecular weight excluding hydrogens is 278 g/mol. The molecule has 6 heteroatoms. The van der Waals surface area contributed by atoms with E-state index >= 15 is 0 Å². The maximum absolute atomic E-state index is 11.8. The van der Waals surface area contributed by atoms with Crippen LogP contribution in [0.5, 0.6) is 5.75 Å². The van der Waals surface area contributed by atoms with Gasteiger partial charge in [0, 0.05) is 17.6 Å². The van der Waals surface area contributed by atoms with Crippen molar-refractivity contribution in [2.75, 3.05) is 11.9 Å². The summed E-state index contributed by atoms with van der Waals surface area (Å²) >= 11 is 5.86. The summed E-state index contributed by atoms with van der Waals surface area (Å²) in [5.41, 5.74) is 0.893. The molecular formula is C14H16ClN3O2. The van der Waals surface area contributed by atoms with Crippen LogP contribution in [0.25, 0.3) is 0 Å². The van der Waals surface area contributed by atoms with Gasteiger partial charge in [-0.05, 0) is 37.6 Å². The summed E-state index contributed by atoms with van der Waals surface area (Å²) in [6.45, 7) is 4.47. The lowest BCUT2D eigenvalue weighted by Crippen LogP contribution is -2.22. The molecule has 0 aliphatic carbocycles. The number of ether oxygens (including phenoxy) is 1. The number of carbonyl (C=O) groups excluding carboxylic acids is 1. The van der Waals surface area contributed by atoms with Gasteiger partial charge in [-0.2, -0.15) is 5.10 Å². The molecule has 0 spiro atoms. The van der Waals surface area contributed by atoms with Crippen molar-refractivity contribution < 1.29 is 9.53 Å². The zero-order chi connectivity index (χ0) is 14.5. The number of nitrogens with one attached hydrogen (secondary N) is 1. The predicted octanol–water partition coefficient (Wildman–Crippen LogP) is 2.88. The third kappa shape index (κ3) is 3.51. The highest BCUT2D eigenvalue weighted by molar-refractivity contribution is 6.30. The van der Waals surface area contributed by atoms with E-state index in [9.17, 15) is 4.79 Å². The molecule has 1 aromatic heterocycles. The Morgan fingerprint density at radius 1 is 1.45 bits per heavy atom. The van der Waals surface area contributed by atoms with Crippen molar-refractivity contribution in [3.63, 3.8) is 0 Å². The molecule has 20 heavy (non-hydrogen) atoms. The number of anilines is 1. The van der Waals surface area contributed by atoms with Gasteiger partial charge in [0.1, 0.15) is 11.6 Å². The van der Waals surface area contributed by atoms with Crippen molar-refractivity contribution in [2.45, 2.75) is 20.4 Å². The molecule has 0 radical (unpaired) electrons. The molecule has 106 valence electrons. The monoisotopic (exact) mass is 293 g/mol. The number of rotatable bonds is 5. The van der Waals surface area contributed by atoms with Gasteiger partial charge in [-0.3, -0.25) is 4.79 Å². The molecule has 0 bridgehead atoms. The lowest BCUT2D eigenvalue weighted by atomic mass is 10.2. The Morgan fingerprint density at radius 3 is 2.95 bits per heavy atom. The molecule has 0 saturated carbocycles. The van der Waals surface area contributed by atoms with Crippen LogP contribution < -0.4 is 10.1 Å². The van der Waals surface area contributed by atoms with Gasteiger partial charge in [0.25, 0.3) is 5.91 Å². The van der Waals surface area contributed by atoms with Crippen molar-refractivity contribution >= 4 is 23.3 Å². The van der Waals surface area contributed by atoms with Gasteiger partial charge in [0.05, 0.1) is 6.20 Å². The van der Waals surface area contributed by atoms with Crippen LogP contribution in [0, 0.1) is 6.92 Å². The van der Waals surface area contributed by atoms with Crippen molar-refractivity contribution in [3.8, 4) is 5.75 Å². The standard InChI is InChI=1S/C14H16ClN3O2/c1-3-18-13(6-7-16-18)17-14(19)9-20-12-5-4-11(15)8-10(12)2/h4-8H,3,9H2,1-2H3,(H,17,19). The van der Waals surface area contributed by atoms with Crippen LogP contribution in [0.4, 0.5) is 5.82 Å². The Labute approximate surface area is 122 Å². The Hall–Kier alpha value is -2.01. The van der Waals surface area contributed by atoms with Crippen LogP contribution in [0.2, 0.25) is 5.02 Å². The normalized spacial score (nSPS) is 10.3. The quantitative estimate of drug-likeness (QED) is 0.922. The van der Waals surface area contributed by atoms with Gasteiger partial charge < -0.3 is 10.1 Å². The molecule has 1 aromatic carbocycles. The van der Waals surface area contributed by atoms with Crippen molar-refractivity contribution in [2.24, 2.45) is 0 Å². The predicted molar refractivity (Wildman–Crippen MR) is 78.2 cm³/mol. The fourth-order valence-electron chi connectivity index (χ4n) is 1.79. The van der Waals surface area contributed by atoms with Crippen LogP contribution in [0.3, 0.4) is 0 Å². The lowest BCUT2D eigenvalue weighted by Gasteiger charge is -2.10. The van der Waals surface area contributed by atoms with Crippen LogP contribution in [-0.4, -0.2) is 22.3 Å². The molecule has 5 nitrogen and oxygen atoms in total. The number of carbonyl (C=O) groups is 1. The highest BCUT2D eigenvalue weighted by Crippen LogP contribution is 2.21. The van der Waals surface area contributed by atoms with Crippen LogP contribution in [0.1, 0.15) is 12.5 Å². The van der Waals surface area contributed by atoms with E-state index in [0.717, 1.165) is 5.56 Å². The minimum atomic E-state index is -0.227. The second kappa shape index (κ2) is 6.43. The van der Waals surface area contributed by atoms with E-state index in [-0.39, 0.29) is 12.5 Å². The first-order valence-electron chi connectivity index (χ1n) is 6.30. The van der Waals surface area contributed by atoms with E-state index in [1.165, 1.54) is 0 Å². The SMILES string of the molecule is CCn1nccc1NC(=O)COc1ccc(Cl)cc1C. The molecule has 2 rings (SSSR count). The van der Waals surface area contributed by atoms with Crippen LogP contribution in [-0.2, 0) is 11.3 Å². The molecule has 1 amide bonds. The number of aromatic nitrogens is 2. The number of hydrogen-bond donors (Lipinski definition) is 1. The van der Waals surface area contributed by atoms with Crippen LogP contribution >= 0.6 is 11.6 Å². The zero-order valence-corrected chi connectivity index (χ0v) is 12.1. The van der Waals surface area contributed by atoms with Gasteiger partial charge in [-0.25, -0.2) is 4.68 Å². The van der Waals surface area contributed by atoms with Gasteiger partial charge in [-0.15, -0.1) is 0 Å². The van der Waals surface area contributed by atoms with Crippen molar-refractivity contribution in [1.82, 2.24) is 9.78 Å². The van der Waals surface area contributed by atoms with E-state index < -0.39 is 0 Å². The molecule has 0 atom stereocenters. The van der Waals surface area contributed by atoms with Gasteiger partial charge >= 0.3 is 0 Å². The number of benzene rings is 1. The average molecular weight is 294 g/mol. The molecule has 2 aromatic rings. The Bertz CT molecular complexity index is 610. The molecule has 0 aliphatic heterocycles. The zero-order valence-electron chi connectivity index (χ0n) is 11.4. The second-order valence-corrected chi connectivity index (χ2v) is 4.72. The first-order chi connectivity index (χ1) is 9.60. The number of nitrogens with zero attached hydrogens (tertiary/aromatic N) is 2. The average Bonchev–Trinajstić information content (AvgIpc) is 2.85. The van der Waals surface area contributed by atoms with E-state index in [0.29, 0.717) is 23.1 Å². The van der Waals surface area contributed by atoms with E-state index in [4.69, 9.17) is 16.3 Å². The first-order valence-corrected chi connectivity index (χ1v) is 6.68. The van der Waals surface area contributed by atoms with E-state index in [1.807, 2.05) is 13.8 Å². The number of aryl methyl sites for hydroxylation is 2. The molecule has 0 unspecified atom stereocenters. The van der Waals surface area contributed by atoms with Crippen molar-refractivity contribution in [3.05, 3.63) is 41.0 Å². The maximum atomic E-state index is 11.8. The summed E-state index contributed by atoms with van der Waals surface area (Å²) in [5, 5.41) is 7.47. The highest BCUT2D eigenvalue weighted by Gasteiger charge is 2.08. The molecule has 0 saturated heterocycles. The molecule has 1 N–H and O–H groups in total. The second-order valence-electron chi connectivity index (χ2n) is 4.28. The minimum Gasteiger partial charge on any atom is -0.483 e. The van der Waals surface area contributed by atoms with E-state index in [2.05, 4.69) is 10.4 Å². The molecule has 1 heterocycles. The van der Waals surface area contributed by atoms with E-state index in [1.54, 1.807) is 35.1 Å². The third-order valence-electron chi connectivity index (χ3n) is 2.78. The Kier molecular flexibility index (Phi) is 4.63. The maximum Gasteiger partial charge on any atom is 0.263 e. The van der Waals surface area contributed by atoms with Crippen LogP contribution in [0.15, 0.2) is 30.5 Å². The summed E-state index contributed by atoms with van der Waals surface area (Å²) in [7, 11) is 0. The first kappa shape index (κ1) is 14.4. The Morgan fingerprint density at radius 2 is 2.25 bits per heavy atom. The topological polar surface area (TPSA) is 56.2 Å². The Balaban J connectivity index is 1.92. The number of halogens is 1. The smallest absolute Gasteiger partial charge is 0.263 e.